The molecule has 0 amide bonds. The van der Waals surface area contributed by atoms with E-state index in [-0.39, 0.29) is 93.6 Å². The molecule has 0 fully saturated rings. The maximum Gasteiger partial charge on any atom is 0.175 e. The molecule has 0 radical (unpaired) electrons. The lowest BCUT2D eigenvalue weighted by Gasteiger charge is -2.18. The van der Waals surface area contributed by atoms with Gasteiger partial charge in [0, 0.05) is 47.3 Å². The summed E-state index contributed by atoms with van der Waals surface area (Å²) in [6.45, 7) is 0. The highest BCUT2D eigenvalue weighted by molar-refractivity contribution is 7.99. The van der Waals surface area contributed by atoms with E-state index in [9.17, 15) is 70.2 Å². The van der Waals surface area contributed by atoms with Crippen LogP contribution in [-0.4, -0.2) is 0 Å². The smallest absolute Gasteiger partial charge is 0.175 e. The summed E-state index contributed by atoms with van der Waals surface area (Å²) in [4.78, 5) is -4.76. The van der Waals surface area contributed by atoms with Crippen LogP contribution >= 0.6 is 47.0 Å². The second-order valence-corrected chi connectivity index (χ2v) is 14.7. The van der Waals surface area contributed by atoms with E-state index < -0.39 is 136 Å². The first-order valence-electron chi connectivity index (χ1n) is 14.4. The van der Waals surface area contributed by atoms with E-state index >= 15 is 0 Å². The average Bonchev–Trinajstić information content (AvgIpc) is 3.12. The molecule has 0 saturated carbocycles. The van der Waals surface area contributed by atoms with Crippen molar-refractivity contribution >= 4 is 47.0 Å². The molecule has 286 valence electrons. The van der Waals surface area contributed by atoms with Crippen LogP contribution in [0.1, 0.15) is 22.3 Å². The zero-order valence-electron chi connectivity index (χ0n) is 26.0. The molecule has 0 unspecified atom stereocenters. The topological polar surface area (TPSA) is 0 Å². The summed E-state index contributed by atoms with van der Waals surface area (Å²) in [5.74, 6) is -31.7. The molecule has 0 aliphatic rings. The van der Waals surface area contributed by atoms with Gasteiger partial charge in [-0.25, -0.2) is 70.2 Å². The third kappa shape index (κ3) is 8.60. The standard InChI is InChI=1S/C34H14F16S4/c35-15-3-16(36)24(44)31(23(15)43)51-7-11-1-12(8-52-32-25(45)17(37)4-18(38)26(32)46)14(10-54-34-29(49)21(41)6-22(42)30(34)50)2-13(11)9-53-33-27(47)19(39)5-20(40)28(33)48/h1-6H,7-10H2. The van der Waals surface area contributed by atoms with E-state index in [1.54, 1.807) is 0 Å². The molecular weight excluding hydrogens is 841 g/mol. The van der Waals surface area contributed by atoms with Gasteiger partial charge in [0.1, 0.15) is 0 Å². The minimum Gasteiger partial charge on any atom is -0.204 e. The van der Waals surface area contributed by atoms with Crippen molar-refractivity contribution in [3.8, 4) is 0 Å². The molecule has 0 saturated heterocycles. The first-order chi connectivity index (χ1) is 25.4. The van der Waals surface area contributed by atoms with Gasteiger partial charge in [-0.15, -0.1) is 47.0 Å². The summed E-state index contributed by atoms with van der Waals surface area (Å²) in [6.07, 6.45) is 0. The fourth-order valence-electron chi connectivity index (χ4n) is 4.64. The number of hydrogen-bond donors (Lipinski definition) is 0. The number of benzene rings is 5. The normalized spacial score (nSPS) is 11.6. The molecule has 5 aromatic carbocycles. The van der Waals surface area contributed by atoms with Crippen LogP contribution in [0.15, 0.2) is 56.0 Å². The number of hydrogen-bond acceptors (Lipinski definition) is 4. The Morgan fingerprint density at radius 1 is 0.241 bits per heavy atom. The van der Waals surface area contributed by atoms with Gasteiger partial charge in [-0.1, -0.05) is 12.1 Å². The molecule has 0 aliphatic carbocycles. The van der Waals surface area contributed by atoms with Crippen molar-refractivity contribution in [3.05, 3.63) is 152 Å². The van der Waals surface area contributed by atoms with E-state index in [0.29, 0.717) is 0 Å². The van der Waals surface area contributed by atoms with E-state index in [2.05, 4.69) is 0 Å². The van der Waals surface area contributed by atoms with E-state index in [1.807, 2.05) is 0 Å². The lowest BCUT2D eigenvalue weighted by atomic mass is 10.0. The lowest BCUT2D eigenvalue weighted by molar-refractivity contribution is 0.426. The maximum atomic E-state index is 14.5. The van der Waals surface area contributed by atoms with E-state index in [0.717, 1.165) is 12.1 Å². The Morgan fingerprint density at radius 3 is 0.537 bits per heavy atom. The minimum absolute atomic E-state index is 0.0799. The highest BCUT2D eigenvalue weighted by Gasteiger charge is 2.26. The summed E-state index contributed by atoms with van der Waals surface area (Å²) in [6, 6.07) is 1.82. The van der Waals surface area contributed by atoms with Crippen LogP contribution in [0.5, 0.6) is 0 Å². The van der Waals surface area contributed by atoms with Crippen LogP contribution < -0.4 is 0 Å². The molecule has 0 bridgehead atoms. The summed E-state index contributed by atoms with van der Waals surface area (Å²) in [5.41, 5.74) is -0.561. The highest BCUT2D eigenvalue weighted by Crippen LogP contribution is 2.40. The molecule has 5 rings (SSSR count). The molecule has 0 atom stereocenters. The third-order valence-corrected chi connectivity index (χ3v) is 11.7. The maximum absolute atomic E-state index is 14.5. The van der Waals surface area contributed by atoms with Crippen molar-refractivity contribution in [2.24, 2.45) is 0 Å². The van der Waals surface area contributed by atoms with Gasteiger partial charge in [-0.05, 0) is 22.3 Å². The van der Waals surface area contributed by atoms with Crippen molar-refractivity contribution in [2.75, 3.05) is 0 Å². The Labute approximate surface area is 310 Å². The van der Waals surface area contributed by atoms with Crippen LogP contribution in [0.2, 0.25) is 0 Å². The number of rotatable bonds is 12. The first-order valence-corrected chi connectivity index (χ1v) is 18.3. The van der Waals surface area contributed by atoms with Crippen molar-refractivity contribution in [3.63, 3.8) is 0 Å². The molecule has 0 spiro atoms. The fourth-order valence-corrected chi connectivity index (χ4v) is 8.71. The predicted molar refractivity (Wildman–Crippen MR) is 170 cm³/mol. The Kier molecular flexibility index (Phi) is 13.1. The van der Waals surface area contributed by atoms with Gasteiger partial charge in [0.05, 0.1) is 19.6 Å². The van der Waals surface area contributed by atoms with Gasteiger partial charge in [0.2, 0.25) is 0 Å². The van der Waals surface area contributed by atoms with Crippen LogP contribution in [0, 0.1) is 93.1 Å². The summed E-state index contributed by atoms with van der Waals surface area (Å²) >= 11 is 0.545. The zero-order valence-corrected chi connectivity index (χ0v) is 29.2. The summed E-state index contributed by atoms with van der Waals surface area (Å²) < 4.78 is 228. The SMILES string of the molecule is Fc1cc(F)c(F)c(SCc2cc(CSc3c(F)c(F)cc(F)c3F)c(CSc3c(F)c(F)cc(F)c3F)cc2CSc2c(F)c(F)cc(F)c2F)c1F. The zero-order chi connectivity index (χ0) is 39.8. The van der Waals surface area contributed by atoms with Crippen LogP contribution in [0.25, 0.3) is 0 Å². The van der Waals surface area contributed by atoms with Gasteiger partial charge in [0.15, 0.2) is 93.1 Å². The highest BCUT2D eigenvalue weighted by atomic mass is 32.2. The molecule has 0 nitrogen and oxygen atoms in total. The monoisotopic (exact) mass is 854 g/mol. The average molecular weight is 855 g/mol. The first kappa shape index (κ1) is 41.5. The molecule has 0 aromatic heterocycles. The third-order valence-electron chi connectivity index (χ3n) is 7.30. The molecule has 0 N–H and O–H groups in total. The fraction of sp³-hybridized carbons (Fsp3) is 0.118. The Morgan fingerprint density at radius 2 is 0.389 bits per heavy atom. The van der Waals surface area contributed by atoms with E-state index in [1.165, 1.54) is 0 Å². The Balaban J connectivity index is 1.64. The van der Waals surface area contributed by atoms with Crippen molar-refractivity contribution in [1.29, 1.82) is 0 Å². The largest absolute Gasteiger partial charge is 0.204 e. The number of halogens is 16. The predicted octanol–water partition coefficient (Wildman–Crippen LogP) is 13.1. The van der Waals surface area contributed by atoms with Gasteiger partial charge in [-0.3, -0.25) is 0 Å². The molecular formula is C34H14F16S4. The van der Waals surface area contributed by atoms with Crippen molar-refractivity contribution < 1.29 is 70.2 Å². The second-order valence-electron chi connectivity index (χ2n) is 10.7. The van der Waals surface area contributed by atoms with Crippen LogP contribution in [0.3, 0.4) is 0 Å². The van der Waals surface area contributed by atoms with Gasteiger partial charge < -0.3 is 0 Å². The minimum atomic E-state index is -1.83. The van der Waals surface area contributed by atoms with Crippen molar-refractivity contribution in [1.82, 2.24) is 0 Å². The summed E-state index contributed by atoms with van der Waals surface area (Å²) in [7, 11) is 0. The quantitative estimate of drug-likeness (QED) is 0.0696. The van der Waals surface area contributed by atoms with Crippen molar-refractivity contribution in [2.45, 2.75) is 42.6 Å². The van der Waals surface area contributed by atoms with E-state index in [4.69, 9.17) is 0 Å². The Bertz CT molecular complexity index is 1860. The second kappa shape index (κ2) is 17.0. The molecule has 54 heavy (non-hydrogen) atoms. The summed E-state index contributed by atoms with van der Waals surface area (Å²) in [5, 5.41) is 0. The lowest BCUT2D eigenvalue weighted by Crippen LogP contribution is -2.04. The number of thioether (sulfide) groups is 4. The molecule has 0 aliphatic heterocycles. The molecule has 5 aromatic rings. The van der Waals surface area contributed by atoms with Crippen LogP contribution in [-0.2, 0) is 23.0 Å². The van der Waals surface area contributed by atoms with Crippen LogP contribution in [0.4, 0.5) is 70.2 Å². The van der Waals surface area contributed by atoms with Gasteiger partial charge in [0.25, 0.3) is 0 Å². The van der Waals surface area contributed by atoms with Gasteiger partial charge >= 0.3 is 0 Å². The Hall–Kier alpha value is -3.62. The molecule has 20 heteroatoms. The van der Waals surface area contributed by atoms with Gasteiger partial charge in [-0.2, -0.15) is 0 Å². The molecule has 0 heterocycles.